The van der Waals surface area contributed by atoms with Crippen LogP contribution in [0.3, 0.4) is 0 Å². The van der Waals surface area contributed by atoms with Crippen LogP contribution in [0.15, 0.2) is 18.2 Å². The van der Waals surface area contributed by atoms with Gasteiger partial charge in [-0.05, 0) is 25.0 Å². The molecule has 27 heavy (non-hydrogen) atoms. The molecule has 1 aromatic carbocycles. The molecule has 1 aromatic rings. The number of anilines is 1. The topological polar surface area (TPSA) is 59.1 Å². The second-order valence-electron chi connectivity index (χ2n) is 7.83. The predicted octanol–water partition coefficient (Wildman–Crippen LogP) is 2.99. The van der Waals surface area contributed by atoms with Gasteiger partial charge in [0.1, 0.15) is 13.2 Å². The molecule has 1 unspecified atom stereocenters. The van der Waals surface area contributed by atoms with Gasteiger partial charge in [0.25, 0.3) is 0 Å². The molecule has 0 spiro atoms. The van der Waals surface area contributed by atoms with E-state index in [-0.39, 0.29) is 24.2 Å². The third kappa shape index (κ3) is 3.75. The highest BCUT2D eigenvalue weighted by Crippen LogP contribution is 2.36. The van der Waals surface area contributed by atoms with Gasteiger partial charge >= 0.3 is 0 Å². The molecular formula is C21H28N2O4. The molecule has 6 heteroatoms. The van der Waals surface area contributed by atoms with Crippen molar-refractivity contribution in [1.29, 1.82) is 0 Å². The first-order valence-corrected chi connectivity index (χ1v) is 10.1. The maximum Gasteiger partial charge on any atom is 0.228 e. The third-order valence-electron chi connectivity index (χ3n) is 6.03. The molecule has 1 saturated carbocycles. The molecule has 3 aliphatic rings. The van der Waals surface area contributed by atoms with Crippen LogP contribution in [0.1, 0.15) is 44.9 Å². The predicted molar refractivity (Wildman–Crippen MR) is 102 cm³/mol. The third-order valence-corrected chi connectivity index (χ3v) is 6.03. The van der Waals surface area contributed by atoms with E-state index in [4.69, 9.17) is 9.47 Å². The van der Waals surface area contributed by atoms with Crippen LogP contribution in [0.25, 0.3) is 0 Å². The summed E-state index contributed by atoms with van der Waals surface area (Å²) in [6.45, 7) is 1.49. The highest BCUT2D eigenvalue weighted by Gasteiger charge is 2.38. The van der Waals surface area contributed by atoms with Crippen molar-refractivity contribution < 1.29 is 19.1 Å². The molecule has 146 valence electrons. The largest absolute Gasteiger partial charge is 0.486 e. The molecule has 1 saturated heterocycles. The molecule has 4 rings (SSSR count). The molecule has 2 aliphatic heterocycles. The minimum atomic E-state index is -0.265. The van der Waals surface area contributed by atoms with Crippen LogP contribution in [0, 0.1) is 5.92 Å². The minimum Gasteiger partial charge on any atom is -0.486 e. The fourth-order valence-corrected chi connectivity index (χ4v) is 4.44. The van der Waals surface area contributed by atoms with E-state index in [1.54, 1.807) is 4.90 Å². The van der Waals surface area contributed by atoms with Crippen molar-refractivity contribution in [3.05, 3.63) is 18.2 Å². The Hall–Kier alpha value is -2.24. The fraction of sp³-hybridized carbons (Fsp3) is 0.619. The Labute approximate surface area is 160 Å². The zero-order chi connectivity index (χ0) is 18.8. The molecule has 2 fully saturated rings. The summed E-state index contributed by atoms with van der Waals surface area (Å²) < 4.78 is 11.2. The zero-order valence-corrected chi connectivity index (χ0v) is 16.0. The van der Waals surface area contributed by atoms with E-state index in [9.17, 15) is 9.59 Å². The van der Waals surface area contributed by atoms with E-state index >= 15 is 0 Å². The van der Waals surface area contributed by atoms with Crippen LogP contribution in [-0.2, 0) is 9.59 Å². The van der Waals surface area contributed by atoms with Crippen LogP contribution in [-0.4, -0.2) is 49.6 Å². The summed E-state index contributed by atoms with van der Waals surface area (Å²) >= 11 is 0. The van der Waals surface area contributed by atoms with Gasteiger partial charge in [0.15, 0.2) is 11.5 Å². The average molecular weight is 372 g/mol. The number of ether oxygens (including phenoxy) is 2. The molecule has 0 aromatic heterocycles. The number of benzene rings is 1. The lowest BCUT2D eigenvalue weighted by Gasteiger charge is -2.29. The van der Waals surface area contributed by atoms with E-state index in [1.807, 2.05) is 30.1 Å². The van der Waals surface area contributed by atoms with Gasteiger partial charge in [-0.1, -0.05) is 25.7 Å². The first-order chi connectivity index (χ1) is 13.1. The number of fused-ring (bicyclic) bond motifs is 1. The summed E-state index contributed by atoms with van der Waals surface area (Å²) in [7, 11) is 1.91. The SMILES string of the molecule is CN(C(=O)C1CC(=O)N(c2ccc3c(c2)OCCO3)C1)C1CCCCCC1. The second-order valence-corrected chi connectivity index (χ2v) is 7.83. The number of carbonyl (C=O) groups is 2. The second kappa shape index (κ2) is 7.79. The highest BCUT2D eigenvalue weighted by molar-refractivity contribution is 6.00. The molecule has 2 amide bonds. The first-order valence-electron chi connectivity index (χ1n) is 10.1. The summed E-state index contributed by atoms with van der Waals surface area (Å²) in [5, 5.41) is 0. The number of carbonyl (C=O) groups excluding carboxylic acids is 2. The Morgan fingerprint density at radius 3 is 2.52 bits per heavy atom. The molecule has 2 heterocycles. The fourth-order valence-electron chi connectivity index (χ4n) is 4.44. The van der Waals surface area contributed by atoms with Crippen LogP contribution < -0.4 is 14.4 Å². The number of rotatable bonds is 3. The first kappa shape index (κ1) is 18.1. The van der Waals surface area contributed by atoms with Gasteiger partial charge in [-0.2, -0.15) is 0 Å². The standard InChI is InChI=1S/C21H28N2O4/c1-22(16-6-4-2-3-5-7-16)21(25)15-12-20(24)23(14-15)17-8-9-18-19(13-17)27-11-10-26-18/h8-9,13,15-16H,2-7,10-12,14H2,1H3. The smallest absolute Gasteiger partial charge is 0.228 e. The number of hydrogen-bond acceptors (Lipinski definition) is 4. The van der Waals surface area contributed by atoms with Gasteiger partial charge in [0.05, 0.1) is 5.92 Å². The maximum atomic E-state index is 13.0. The van der Waals surface area contributed by atoms with E-state index in [1.165, 1.54) is 25.7 Å². The maximum absolute atomic E-state index is 13.0. The Balaban J connectivity index is 1.44. The van der Waals surface area contributed by atoms with E-state index in [0.717, 1.165) is 18.5 Å². The van der Waals surface area contributed by atoms with E-state index in [0.29, 0.717) is 37.3 Å². The van der Waals surface area contributed by atoms with Gasteiger partial charge < -0.3 is 19.3 Å². The summed E-state index contributed by atoms with van der Waals surface area (Å²) in [6, 6.07) is 5.87. The van der Waals surface area contributed by atoms with Crippen molar-refractivity contribution in [2.24, 2.45) is 5.92 Å². The summed E-state index contributed by atoms with van der Waals surface area (Å²) in [5.41, 5.74) is 0.775. The van der Waals surface area contributed by atoms with Gasteiger partial charge in [-0.25, -0.2) is 0 Å². The van der Waals surface area contributed by atoms with Crippen molar-refractivity contribution in [3.63, 3.8) is 0 Å². The zero-order valence-electron chi connectivity index (χ0n) is 16.0. The van der Waals surface area contributed by atoms with Crippen molar-refractivity contribution in [1.82, 2.24) is 4.90 Å². The van der Waals surface area contributed by atoms with Gasteiger partial charge in [0, 0.05) is 37.8 Å². The van der Waals surface area contributed by atoms with Crippen molar-refractivity contribution in [2.45, 2.75) is 51.0 Å². The lowest BCUT2D eigenvalue weighted by molar-refractivity contribution is -0.136. The molecule has 1 aliphatic carbocycles. The normalized spacial score (nSPS) is 23.2. The van der Waals surface area contributed by atoms with Crippen LogP contribution >= 0.6 is 0 Å². The van der Waals surface area contributed by atoms with Crippen molar-refractivity contribution in [3.8, 4) is 11.5 Å². The van der Waals surface area contributed by atoms with Gasteiger partial charge in [-0.3, -0.25) is 9.59 Å². The van der Waals surface area contributed by atoms with E-state index < -0.39 is 0 Å². The number of hydrogen-bond donors (Lipinski definition) is 0. The summed E-state index contributed by atoms with van der Waals surface area (Å²) in [5.74, 6) is 1.21. The van der Waals surface area contributed by atoms with Crippen LogP contribution in [0.4, 0.5) is 5.69 Å². The molecule has 1 atom stereocenters. The van der Waals surface area contributed by atoms with Gasteiger partial charge in [0.2, 0.25) is 11.8 Å². The Bertz CT molecular complexity index is 712. The van der Waals surface area contributed by atoms with Crippen molar-refractivity contribution in [2.75, 3.05) is 31.7 Å². The molecule has 0 bridgehead atoms. The monoisotopic (exact) mass is 372 g/mol. The Kier molecular flexibility index (Phi) is 5.23. The average Bonchev–Trinajstić information content (AvgIpc) is 2.90. The molecule has 0 N–H and O–H groups in total. The molecule has 6 nitrogen and oxygen atoms in total. The molecule has 0 radical (unpaired) electrons. The molecular weight excluding hydrogens is 344 g/mol. The van der Waals surface area contributed by atoms with E-state index in [2.05, 4.69) is 0 Å². The number of nitrogens with zero attached hydrogens (tertiary/aromatic N) is 2. The summed E-state index contributed by atoms with van der Waals surface area (Å²) in [6.07, 6.45) is 7.34. The van der Waals surface area contributed by atoms with Crippen LogP contribution in [0.5, 0.6) is 11.5 Å². The quantitative estimate of drug-likeness (QED) is 0.766. The number of amides is 2. The Morgan fingerprint density at radius 2 is 1.78 bits per heavy atom. The van der Waals surface area contributed by atoms with Gasteiger partial charge in [-0.15, -0.1) is 0 Å². The lowest BCUT2D eigenvalue weighted by Crippen LogP contribution is -2.41. The Morgan fingerprint density at radius 1 is 1.07 bits per heavy atom. The van der Waals surface area contributed by atoms with Crippen molar-refractivity contribution >= 4 is 17.5 Å². The highest BCUT2D eigenvalue weighted by atomic mass is 16.6. The minimum absolute atomic E-state index is 0.000654. The lowest BCUT2D eigenvalue weighted by atomic mass is 10.0. The summed E-state index contributed by atoms with van der Waals surface area (Å²) in [4.78, 5) is 29.2. The van der Waals surface area contributed by atoms with Crippen LogP contribution in [0.2, 0.25) is 0 Å².